The molecule has 3 aromatic carbocycles. The molecule has 4 aromatic rings. The van der Waals surface area contributed by atoms with Gasteiger partial charge in [-0.15, -0.1) is 15.6 Å². The van der Waals surface area contributed by atoms with E-state index in [2.05, 4.69) is 30.0 Å². The first-order valence-electron chi connectivity index (χ1n) is 20.4. The van der Waals surface area contributed by atoms with E-state index in [-0.39, 0.29) is 41.5 Å². The number of carboxylic acid groups (broad SMARTS) is 1. The van der Waals surface area contributed by atoms with Gasteiger partial charge in [-0.2, -0.15) is 13.5 Å². The highest BCUT2D eigenvalue weighted by atomic mass is 32.3. The van der Waals surface area contributed by atoms with E-state index in [0.717, 1.165) is 11.3 Å². The molecule has 3 heterocycles. The van der Waals surface area contributed by atoms with Gasteiger partial charge < -0.3 is 40.1 Å². The summed E-state index contributed by atoms with van der Waals surface area (Å²) in [6.45, 7) is 9.10. The largest absolute Gasteiger partial charge is 0.489 e. The Morgan fingerprint density at radius 3 is 2.12 bits per heavy atom. The van der Waals surface area contributed by atoms with Gasteiger partial charge in [-0.25, -0.2) is 19.4 Å². The number of aromatic nitrogens is 1. The van der Waals surface area contributed by atoms with E-state index in [1.54, 1.807) is 113 Å². The Hall–Kier alpha value is -7.15. The number of oxime groups is 1. The molecule has 0 spiro atoms. The lowest BCUT2D eigenvalue weighted by Crippen LogP contribution is -2.76. The Morgan fingerprint density at radius 2 is 1.58 bits per heavy atom. The van der Waals surface area contributed by atoms with Crippen molar-refractivity contribution in [3.63, 3.8) is 0 Å². The molecule has 4 amide bonds. The number of amidine groups is 1. The summed E-state index contributed by atoms with van der Waals surface area (Å²) >= 11 is 0.935. The second-order valence-electron chi connectivity index (χ2n) is 16.6. The number of likely N-dealkylation sites (tertiary alicyclic amines) is 1. The van der Waals surface area contributed by atoms with Gasteiger partial charge in [-0.1, -0.05) is 65.8 Å². The van der Waals surface area contributed by atoms with Gasteiger partial charge in [-0.3, -0.25) is 24.5 Å². The first kappa shape index (κ1) is 49.3. The fourth-order valence-electron chi connectivity index (χ4n) is 6.56. The van der Waals surface area contributed by atoms with Crippen molar-refractivity contribution in [2.24, 2.45) is 15.9 Å². The SMILES string of the molecule is Cc1sc(NC(=O)OC(C)(C)C)nc1/C(=N/O[C@@H](COc1ccc(C(N)=NC2CN(C(=O)O)C2)cc1)C(=O)OC(c1ccccc1)c1ccccc1)C(=O)N[C@@H]1C(=O)N(OS(=O)(=O)O)C1(C)C. The van der Waals surface area contributed by atoms with Gasteiger partial charge in [0.05, 0.1) is 11.6 Å². The van der Waals surface area contributed by atoms with Crippen LogP contribution in [0.15, 0.2) is 95.1 Å². The number of amides is 4. The highest BCUT2D eigenvalue weighted by Gasteiger charge is 2.58. The van der Waals surface area contributed by atoms with Crippen LogP contribution in [-0.4, -0.2) is 124 Å². The van der Waals surface area contributed by atoms with Gasteiger partial charge in [0.15, 0.2) is 16.9 Å². The number of ether oxygens (including phenoxy) is 3. The number of hydrogen-bond acceptors (Lipinski definition) is 16. The molecule has 0 unspecified atom stereocenters. The van der Waals surface area contributed by atoms with Crippen molar-refractivity contribution in [2.75, 3.05) is 25.0 Å². The number of thiazole rings is 1. The molecule has 22 nitrogen and oxygen atoms in total. The smallest absolute Gasteiger partial charge is 0.418 e. The van der Waals surface area contributed by atoms with Crippen LogP contribution in [0.1, 0.15) is 68.0 Å². The highest BCUT2D eigenvalue weighted by molar-refractivity contribution is 7.80. The monoisotopic (exact) mass is 964 g/mol. The number of carbonyl (C=O) groups is 5. The number of aryl methyl sites for hydroxylation is 1. The molecule has 24 heteroatoms. The van der Waals surface area contributed by atoms with Crippen molar-refractivity contribution in [1.82, 2.24) is 20.3 Å². The van der Waals surface area contributed by atoms with Crippen LogP contribution in [-0.2, 0) is 43.4 Å². The maximum Gasteiger partial charge on any atom is 0.418 e. The molecule has 0 radical (unpaired) electrons. The Kier molecular flexibility index (Phi) is 14.8. The molecular weight excluding hydrogens is 917 g/mol. The Balaban J connectivity index is 1.32. The summed E-state index contributed by atoms with van der Waals surface area (Å²) in [6, 6.07) is 22.3. The topological polar surface area (TPSA) is 300 Å². The van der Waals surface area contributed by atoms with Gasteiger partial charge in [-0.05, 0) is 76.9 Å². The third-order valence-electron chi connectivity index (χ3n) is 9.94. The van der Waals surface area contributed by atoms with Crippen molar-refractivity contribution in [3.8, 4) is 5.75 Å². The third kappa shape index (κ3) is 12.6. The molecule has 67 heavy (non-hydrogen) atoms. The lowest BCUT2D eigenvalue weighted by atomic mass is 9.84. The minimum Gasteiger partial charge on any atom is -0.489 e. The first-order valence-corrected chi connectivity index (χ1v) is 22.6. The summed E-state index contributed by atoms with van der Waals surface area (Å²) in [5.41, 5.74) is 4.78. The molecule has 2 atom stereocenters. The van der Waals surface area contributed by atoms with Crippen LogP contribution in [0.25, 0.3) is 0 Å². The van der Waals surface area contributed by atoms with Crippen LogP contribution < -0.4 is 21.1 Å². The number of hydrogen-bond donors (Lipinski definition) is 5. The molecule has 6 rings (SSSR count). The second-order valence-corrected chi connectivity index (χ2v) is 18.8. The van der Waals surface area contributed by atoms with Crippen molar-refractivity contribution in [2.45, 2.75) is 77.0 Å². The summed E-state index contributed by atoms with van der Waals surface area (Å²) in [5.74, 6) is -2.72. The third-order valence-corrected chi connectivity index (χ3v) is 11.2. The maximum atomic E-state index is 14.3. The molecule has 2 fully saturated rings. The fourth-order valence-corrected chi connectivity index (χ4v) is 7.82. The van der Waals surface area contributed by atoms with Gasteiger partial charge in [0.1, 0.15) is 35.5 Å². The average molecular weight is 965 g/mol. The van der Waals surface area contributed by atoms with E-state index >= 15 is 0 Å². The molecule has 0 saturated carbocycles. The number of rotatable bonds is 17. The number of anilines is 1. The molecule has 356 valence electrons. The number of β-lactam (4-membered cyclic amide) rings is 1. The number of esters is 1. The van der Waals surface area contributed by atoms with Crippen molar-refractivity contribution in [3.05, 3.63) is 112 Å². The molecule has 2 saturated heterocycles. The van der Waals surface area contributed by atoms with Crippen molar-refractivity contribution < 1.29 is 65.4 Å². The summed E-state index contributed by atoms with van der Waals surface area (Å²) < 4.78 is 54.0. The number of nitrogens with zero attached hydrogens (tertiary/aromatic N) is 5. The van der Waals surface area contributed by atoms with E-state index in [0.29, 0.717) is 26.6 Å². The number of nitrogens with two attached hydrogens (primary N) is 1. The molecular formula is C43H48N8O14S2. The molecule has 2 aliphatic rings. The maximum absolute atomic E-state index is 14.3. The van der Waals surface area contributed by atoms with E-state index in [1.165, 1.54) is 18.7 Å². The average Bonchev–Trinajstić information content (AvgIpc) is 3.60. The van der Waals surface area contributed by atoms with Crippen LogP contribution in [0.2, 0.25) is 0 Å². The zero-order chi connectivity index (χ0) is 48.8. The Labute approximate surface area is 388 Å². The first-order chi connectivity index (χ1) is 31.5. The Morgan fingerprint density at radius 1 is 0.985 bits per heavy atom. The van der Waals surface area contributed by atoms with Crippen LogP contribution in [0.3, 0.4) is 0 Å². The Bertz CT molecular complexity index is 2610. The summed E-state index contributed by atoms with van der Waals surface area (Å²) in [5, 5.41) is 18.5. The van der Waals surface area contributed by atoms with E-state index in [1.807, 2.05) is 0 Å². The number of benzene rings is 3. The minimum atomic E-state index is -5.12. The molecule has 1 aromatic heterocycles. The fraction of sp³-hybridized carbons (Fsp3) is 0.349. The second kappa shape index (κ2) is 20.2. The van der Waals surface area contributed by atoms with Gasteiger partial charge in [0, 0.05) is 23.5 Å². The predicted molar refractivity (Wildman–Crippen MR) is 240 cm³/mol. The van der Waals surface area contributed by atoms with Crippen LogP contribution in [0.4, 0.5) is 14.7 Å². The zero-order valence-corrected chi connectivity index (χ0v) is 38.6. The summed E-state index contributed by atoms with van der Waals surface area (Å²) in [4.78, 5) is 81.6. The number of nitrogens with one attached hydrogen (secondary N) is 2. The molecule has 2 aliphatic heterocycles. The molecule has 6 N–H and O–H groups in total. The normalized spacial score (nSPS) is 16.9. The van der Waals surface area contributed by atoms with Crippen LogP contribution in [0.5, 0.6) is 5.75 Å². The lowest BCUT2D eigenvalue weighted by molar-refractivity contribution is -0.218. The standard InChI is InChI=1S/C43H48N8O14S2/c1-24-31(46-39(66-24)48-40(55)63-42(2,3)4)32(36(52)47-34-37(53)51(43(34,5)6)65-67(58,59)60)49-64-30(38(54)62-33(25-13-9-7-10-14-25)26-15-11-8-12-16-26)23-61-29-19-17-27(18-20-29)35(44)45-28-21-50(22-28)41(56)57/h7-20,28,30,33-34H,21-23H2,1-6H3,(H2,44,45)(H,47,52)(H,56,57)(H,46,48,55)(H,58,59,60)/b49-32-/t30-,34+/m0/s1. The lowest BCUT2D eigenvalue weighted by Gasteiger charge is -2.50. The van der Waals surface area contributed by atoms with Gasteiger partial charge >= 0.3 is 28.6 Å². The van der Waals surface area contributed by atoms with Crippen LogP contribution in [0, 0.1) is 6.92 Å². The number of hydroxylamine groups is 2. The van der Waals surface area contributed by atoms with Gasteiger partial charge in [0.2, 0.25) is 0 Å². The van der Waals surface area contributed by atoms with Crippen molar-refractivity contribution >= 4 is 68.4 Å². The quantitative estimate of drug-likeness (QED) is 0.0247. The van der Waals surface area contributed by atoms with E-state index in [9.17, 15) is 36.9 Å². The highest BCUT2D eigenvalue weighted by Crippen LogP contribution is 2.33. The van der Waals surface area contributed by atoms with E-state index in [4.69, 9.17) is 29.9 Å². The molecule has 0 bridgehead atoms. The predicted octanol–water partition coefficient (Wildman–Crippen LogP) is 4.21. The van der Waals surface area contributed by atoms with Crippen molar-refractivity contribution in [1.29, 1.82) is 0 Å². The molecule has 0 aliphatic carbocycles. The number of carbonyl (C=O) groups excluding carboxylic acids is 4. The van der Waals surface area contributed by atoms with Crippen LogP contribution >= 0.6 is 11.3 Å². The van der Waals surface area contributed by atoms with E-state index < -0.39 is 82.1 Å². The zero-order valence-electron chi connectivity index (χ0n) is 36.9. The summed E-state index contributed by atoms with van der Waals surface area (Å²) in [6.07, 6.45) is -4.56. The van der Waals surface area contributed by atoms with Gasteiger partial charge in [0.25, 0.3) is 17.9 Å². The number of aliphatic imine (C=N–C) groups is 1. The minimum absolute atomic E-state index is 0.0214. The summed E-state index contributed by atoms with van der Waals surface area (Å²) in [7, 11) is -5.12.